The number of aromatic amines is 1. The Hall–Kier alpha value is -1.48. The molecule has 0 amide bonds. The molecule has 3 heteroatoms. The van der Waals surface area contributed by atoms with E-state index in [1.165, 1.54) is 0 Å². The monoisotopic (exact) mass is 203 g/mol. The summed E-state index contributed by atoms with van der Waals surface area (Å²) >= 11 is 0. The highest BCUT2D eigenvalue weighted by molar-refractivity contribution is 5.82. The second kappa shape index (κ2) is 2.76. The number of ether oxygens (including phenoxy) is 1. The van der Waals surface area contributed by atoms with E-state index in [0.717, 1.165) is 35.2 Å². The lowest BCUT2D eigenvalue weighted by Gasteiger charge is -2.02. The largest absolute Gasteiger partial charge is 0.497 e. The molecule has 3 rings (SSSR count). The quantitative estimate of drug-likeness (QED) is 0.785. The van der Waals surface area contributed by atoms with Crippen molar-refractivity contribution in [2.75, 3.05) is 7.11 Å². The van der Waals surface area contributed by atoms with Crippen LogP contribution in [-0.4, -0.2) is 17.2 Å². The van der Waals surface area contributed by atoms with E-state index >= 15 is 0 Å². The fourth-order valence-electron chi connectivity index (χ4n) is 1.87. The molecular formula is C12H13NO2. The number of rotatable bonds is 2. The summed E-state index contributed by atoms with van der Waals surface area (Å²) in [6.45, 7) is 0. The second-order valence-corrected chi connectivity index (χ2v) is 4.17. The van der Waals surface area contributed by atoms with E-state index < -0.39 is 5.60 Å². The third-order valence-electron chi connectivity index (χ3n) is 3.05. The van der Waals surface area contributed by atoms with Crippen molar-refractivity contribution in [3.05, 3.63) is 30.0 Å². The van der Waals surface area contributed by atoms with Gasteiger partial charge in [0.25, 0.3) is 0 Å². The smallest absolute Gasteiger partial charge is 0.120 e. The SMILES string of the molecule is COc1ccc2cc(C3(O)CC3)[nH]c2c1. The number of aromatic nitrogens is 1. The Bertz CT molecular complexity index is 511. The Morgan fingerprint density at radius 1 is 1.33 bits per heavy atom. The minimum atomic E-state index is -0.591. The first kappa shape index (κ1) is 8.80. The van der Waals surface area contributed by atoms with Gasteiger partial charge in [0.1, 0.15) is 11.4 Å². The number of hydrogen-bond acceptors (Lipinski definition) is 2. The average molecular weight is 203 g/mol. The van der Waals surface area contributed by atoms with E-state index in [2.05, 4.69) is 4.98 Å². The van der Waals surface area contributed by atoms with Crippen LogP contribution in [0.5, 0.6) is 5.75 Å². The molecule has 1 aromatic carbocycles. The molecule has 0 spiro atoms. The van der Waals surface area contributed by atoms with Crippen LogP contribution in [-0.2, 0) is 5.60 Å². The average Bonchev–Trinajstić information content (AvgIpc) is 2.85. The maximum atomic E-state index is 9.97. The third-order valence-corrected chi connectivity index (χ3v) is 3.05. The summed E-state index contributed by atoms with van der Waals surface area (Å²) in [6.07, 6.45) is 1.72. The Kier molecular flexibility index (Phi) is 1.62. The number of methoxy groups -OCH3 is 1. The molecule has 1 fully saturated rings. The van der Waals surface area contributed by atoms with Gasteiger partial charge < -0.3 is 14.8 Å². The van der Waals surface area contributed by atoms with Gasteiger partial charge in [-0.2, -0.15) is 0 Å². The first-order valence-corrected chi connectivity index (χ1v) is 5.11. The lowest BCUT2D eigenvalue weighted by molar-refractivity contribution is 0.147. The molecule has 15 heavy (non-hydrogen) atoms. The first-order valence-electron chi connectivity index (χ1n) is 5.11. The van der Waals surface area contributed by atoms with E-state index in [4.69, 9.17) is 4.74 Å². The second-order valence-electron chi connectivity index (χ2n) is 4.17. The van der Waals surface area contributed by atoms with Crippen molar-refractivity contribution in [1.82, 2.24) is 4.98 Å². The number of benzene rings is 1. The molecule has 3 nitrogen and oxygen atoms in total. The number of H-pyrrole nitrogens is 1. The molecule has 0 atom stereocenters. The molecule has 1 aliphatic carbocycles. The summed E-state index contributed by atoms with van der Waals surface area (Å²) in [5.41, 5.74) is 1.35. The van der Waals surface area contributed by atoms with Crippen molar-refractivity contribution in [1.29, 1.82) is 0 Å². The molecule has 78 valence electrons. The summed E-state index contributed by atoms with van der Waals surface area (Å²) < 4.78 is 5.15. The predicted molar refractivity (Wildman–Crippen MR) is 58.0 cm³/mol. The highest BCUT2D eigenvalue weighted by Crippen LogP contribution is 2.45. The summed E-state index contributed by atoms with van der Waals surface area (Å²) in [5, 5.41) is 11.1. The van der Waals surface area contributed by atoms with Crippen LogP contribution in [0.1, 0.15) is 18.5 Å². The first-order chi connectivity index (χ1) is 7.21. The van der Waals surface area contributed by atoms with Crippen molar-refractivity contribution >= 4 is 10.9 Å². The van der Waals surface area contributed by atoms with Gasteiger partial charge in [0.2, 0.25) is 0 Å². The molecule has 0 aliphatic heterocycles. The van der Waals surface area contributed by atoms with E-state index in [1.807, 2.05) is 24.3 Å². The minimum Gasteiger partial charge on any atom is -0.497 e. The molecule has 2 N–H and O–H groups in total. The van der Waals surface area contributed by atoms with Gasteiger partial charge in [-0.15, -0.1) is 0 Å². The zero-order valence-electron chi connectivity index (χ0n) is 8.58. The van der Waals surface area contributed by atoms with E-state index in [9.17, 15) is 5.11 Å². The maximum Gasteiger partial charge on any atom is 0.120 e. The van der Waals surface area contributed by atoms with Crippen molar-refractivity contribution < 1.29 is 9.84 Å². The molecule has 1 heterocycles. The lowest BCUT2D eigenvalue weighted by Crippen LogP contribution is -2.03. The molecule has 0 radical (unpaired) electrons. The minimum absolute atomic E-state index is 0.591. The maximum absolute atomic E-state index is 9.97. The predicted octanol–water partition coefficient (Wildman–Crippen LogP) is 2.16. The van der Waals surface area contributed by atoms with Gasteiger partial charge in [0.05, 0.1) is 7.11 Å². The summed E-state index contributed by atoms with van der Waals surface area (Å²) in [5.74, 6) is 0.832. The van der Waals surface area contributed by atoms with Gasteiger partial charge >= 0.3 is 0 Å². The Morgan fingerprint density at radius 3 is 2.80 bits per heavy atom. The van der Waals surface area contributed by atoms with Crippen molar-refractivity contribution in [2.24, 2.45) is 0 Å². The van der Waals surface area contributed by atoms with Crippen molar-refractivity contribution in [2.45, 2.75) is 18.4 Å². The van der Waals surface area contributed by atoms with Gasteiger partial charge in [0.15, 0.2) is 0 Å². The molecule has 1 saturated carbocycles. The van der Waals surface area contributed by atoms with Gasteiger partial charge in [0, 0.05) is 22.7 Å². The molecule has 0 bridgehead atoms. The number of hydrogen-bond donors (Lipinski definition) is 2. The fraction of sp³-hybridized carbons (Fsp3) is 0.333. The third kappa shape index (κ3) is 1.31. The van der Waals surface area contributed by atoms with Crippen molar-refractivity contribution in [3.63, 3.8) is 0 Å². The van der Waals surface area contributed by atoms with Gasteiger partial charge in [-0.3, -0.25) is 0 Å². The topological polar surface area (TPSA) is 45.2 Å². The van der Waals surface area contributed by atoms with Gasteiger partial charge in [-0.05, 0) is 31.0 Å². The van der Waals surface area contributed by atoms with Crippen LogP contribution in [0.25, 0.3) is 10.9 Å². The summed E-state index contributed by atoms with van der Waals surface area (Å²) in [6, 6.07) is 7.89. The molecule has 2 aromatic rings. The van der Waals surface area contributed by atoms with Gasteiger partial charge in [-0.1, -0.05) is 0 Å². The molecular weight excluding hydrogens is 190 g/mol. The zero-order chi connectivity index (χ0) is 10.5. The molecule has 1 aromatic heterocycles. The van der Waals surface area contributed by atoms with Crippen LogP contribution in [0.2, 0.25) is 0 Å². The molecule has 1 aliphatic rings. The number of fused-ring (bicyclic) bond motifs is 1. The summed E-state index contributed by atoms with van der Waals surface area (Å²) in [4.78, 5) is 3.24. The van der Waals surface area contributed by atoms with Crippen LogP contribution < -0.4 is 4.74 Å². The van der Waals surface area contributed by atoms with Crippen LogP contribution in [0.15, 0.2) is 24.3 Å². The molecule has 0 saturated heterocycles. The Morgan fingerprint density at radius 2 is 2.13 bits per heavy atom. The van der Waals surface area contributed by atoms with E-state index in [0.29, 0.717) is 0 Å². The van der Waals surface area contributed by atoms with Crippen LogP contribution in [0.3, 0.4) is 0 Å². The Balaban J connectivity index is 2.13. The summed E-state index contributed by atoms with van der Waals surface area (Å²) in [7, 11) is 1.65. The fourth-order valence-corrected chi connectivity index (χ4v) is 1.87. The standard InChI is InChI=1S/C12H13NO2/c1-15-9-3-2-8-6-11(12(14)4-5-12)13-10(8)7-9/h2-3,6-7,13-14H,4-5H2,1H3. The lowest BCUT2D eigenvalue weighted by atomic mass is 10.2. The van der Waals surface area contributed by atoms with Gasteiger partial charge in [-0.25, -0.2) is 0 Å². The van der Waals surface area contributed by atoms with E-state index in [1.54, 1.807) is 7.11 Å². The zero-order valence-corrected chi connectivity index (χ0v) is 8.58. The highest BCUT2D eigenvalue weighted by Gasteiger charge is 2.43. The number of aliphatic hydroxyl groups is 1. The van der Waals surface area contributed by atoms with Crippen molar-refractivity contribution in [3.8, 4) is 5.75 Å². The Labute approximate surface area is 87.7 Å². The van der Waals surface area contributed by atoms with E-state index in [-0.39, 0.29) is 0 Å². The normalized spacial score (nSPS) is 18.0. The van der Waals surface area contributed by atoms with Crippen LogP contribution >= 0.6 is 0 Å². The number of nitrogens with one attached hydrogen (secondary N) is 1. The highest BCUT2D eigenvalue weighted by atomic mass is 16.5. The van der Waals surface area contributed by atoms with Crippen LogP contribution in [0, 0.1) is 0 Å². The van der Waals surface area contributed by atoms with Crippen LogP contribution in [0.4, 0.5) is 0 Å². The molecule has 0 unspecified atom stereocenters.